The van der Waals surface area contributed by atoms with Crippen molar-refractivity contribution in [1.82, 2.24) is 5.32 Å². The highest BCUT2D eigenvalue weighted by Crippen LogP contribution is 2.23. The number of aliphatic hydroxyl groups is 1. The first-order valence-corrected chi connectivity index (χ1v) is 9.57. The van der Waals surface area contributed by atoms with Crippen LogP contribution in [0.3, 0.4) is 0 Å². The fourth-order valence-corrected chi connectivity index (χ4v) is 3.46. The van der Waals surface area contributed by atoms with Gasteiger partial charge in [0.1, 0.15) is 6.04 Å². The largest absolute Gasteiger partial charge is 0.466 e. The minimum Gasteiger partial charge on any atom is -0.466 e. The molecule has 1 amide bonds. The van der Waals surface area contributed by atoms with Gasteiger partial charge in [-0.3, -0.25) is 9.59 Å². The van der Waals surface area contributed by atoms with E-state index in [4.69, 9.17) is 14.6 Å². The molecule has 1 atom stereocenters. The summed E-state index contributed by atoms with van der Waals surface area (Å²) in [7, 11) is 0. The van der Waals surface area contributed by atoms with Crippen molar-refractivity contribution in [2.24, 2.45) is 0 Å². The summed E-state index contributed by atoms with van der Waals surface area (Å²) >= 11 is 1.34. The molecule has 26 heavy (non-hydrogen) atoms. The molecule has 0 aliphatic rings. The number of hydrogen-bond acceptors (Lipinski definition) is 7. The van der Waals surface area contributed by atoms with E-state index in [-0.39, 0.29) is 38.6 Å². The van der Waals surface area contributed by atoms with E-state index in [0.717, 1.165) is 10.4 Å². The standard InChI is InChI=1S/C18H27NO6S/c1-4-24-16(21)9-8-13(18(23)25-5-2)19-17(22)15-11-12(3)14(26-15)7-6-10-20/h11,13,20H,4-10H2,1-3H3,(H,19,22). The quantitative estimate of drug-likeness (QED) is 0.565. The maximum Gasteiger partial charge on any atom is 0.328 e. The molecule has 8 heteroatoms. The molecule has 0 spiro atoms. The number of amides is 1. The predicted octanol–water partition coefficient (Wildman–Crippen LogP) is 1.99. The smallest absolute Gasteiger partial charge is 0.328 e. The lowest BCUT2D eigenvalue weighted by molar-refractivity contribution is -0.146. The fraction of sp³-hybridized carbons (Fsp3) is 0.611. The average molecular weight is 385 g/mol. The molecule has 0 bridgehead atoms. The zero-order valence-electron chi connectivity index (χ0n) is 15.5. The van der Waals surface area contributed by atoms with E-state index < -0.39 is 18.0 Å². The zero-order chi connectivity index (χ0) is 19.5. The Hall–Kier alpha value is -1.93. The molecule has 7 nitrogen and oxygen atoms in total. The van der Waals surface area contributed by atoms with E-state index in [0.29, 0.717) is 17.7 Å². The summed E-state index contributed by atoms with van der Waals surface area (Å²) in [4.78, 5) is 37.6. The number of carbonyl (C=O) groups excluding carboxylic acids is 3. The van der Waals surface area contributed by atoms with Gasteiger partial charge in [-0.1, -0.05) is 0 Å². The maximum absolute atomic E-state index is 12.5. The van der Waals surface area contributed by atoms with Gasteiger partial charge in [0, 0.05) is 17.9 Å². The summed E-state index contributed by atoms with van der Waals surface area (Å²) in [6.07, 6.45) is 1.46. The first kappa shape index (κ1) is 22.1. The first-order valence-electron chi connectivity index (χ1n) is 8.76. The second-order valence-electron chi connectivity index (χ2n) is 5.67. The van der Waals surface area contributed by atoms with Crippen LogP contribution in [-0.2, 0) is 25.5 Å². The van der Waals surface area contributed by atoms with Crippen LogP contribution in [0.1, 0.15) is 53.2 Å². The van der Waals surface area contributed by atoms with Gasteiger partial charge in [0.25, 0.3) is 5.91 Å². The highest BCUT2D eigenvalue weighted by molar-refractivity contribution is 7.14. The van der Waals surface area contributed by atoms with Crippen molar-refractivity contribution in [2.45, 2.75) is 52.5 Å². The number of thiophene rings is 1. The topological polar surface area (TPSA) is 102 Å². The molecule has 1 unspecified atom stereocenters. The predicted molar refractivity (Wildman–Crippen MR) is 98.2 cm³/mol. The Bertz CT molecular complexity index is 613. The Labute approximate surface area is 157 Å². The van der Waals surface area contributed by atoms with E-state index in [2.05, 4.69) is 5.32 Å². The van der Waals surface area contributed by atoms with Gasteiger partial charge in [0.05, 0.1) is 18.1 Å². The molecule has 0 aromatic carbocycles. The van der Waals surface area contributed by atoms with Crippen molar-refractivity contribution in [3.63, 3.8) is 0 Å². The minimum atomic E-state index is -0.907. The van der Waals surface area contributed by atoms with Gasteiger partial charge in [0.15, 0.2) is 0 Å². The van der Waals surface area contributed by atoms with E-state index >= 15 is 0 Å². The molecular weight excluding hydrogens is 358 g/mol. The number of esters is 2. The molecule has 146 valence electrons. The Balaban J connectivity index is 2.77. The molecule has 1 aromatic heterocycles. The molecule has 1 heterocycles. The molecule has 0 aliphatic carbocycles. The lowest BCUT2D eigenvalue weighted by Gasteiger charge is -2.16. The first-order chi connectivity index (χ1) is 12.4. The number of rotatable bonds is 11. The van der Waals surface area contributed by atoms with E-state index in [1.807, 2.05) is 6.92 Å². The molecular formula is C18H27NO6S. The molecule has 1 aromatic rings. The molecule has 0 fully saturated rings. The van der Waals surface area contributed by atoms with Crippen molar-refractivity contribution in [3.05, 3.63) is 21.4 Å². The van der Waals surface area contributed by atoms with Gasteiger partial charge in [0.2, 0.25) is 0 Å². The lowest BCUT2D eigenvalue weighted by Crippen LogP contribution is -2.42. The van der Waals surface area contributed by atoms with Gasteiger partial charge in [-0.05, 0) is 51.7 Å². The number of nitrogens with one attached hydrogen (secondary N) is 1. The molecule has 0 saturated heterocycles. The van der Waals surface area contributed by atoms with Crippen LogP contribution in [-0.4, -0.2) is 48.8 Å². The van der Waals surface area contributed by atoms with E-state index in [9.17, 15) is 14.4 Å². The average Bonchev–Trinajstić information content (AvgIpc) is 2.98. The van der Waals surface area contributed by atoms with Crippen LogP contribution >= 0.6 is 11.3 Å². The Morgan fingerprint density at radius 1 is 1.23 bits per heavy atom. The van der Waals surface area contributed by atoms with Crippen LogP contribution < -0.4 is 5.32 Å². The second kappa shape index (κ2) is 11.6. The lowest BCUT2D eigenvalue weighted by atomic mass is 10.1. The van der Waals surface area contributed by atoms with Crippen molar-refractivity contribution in [1.29, 1.82) is 0 Å². The maximum atomic E-state index is 12.5. The Kier molecular flexibility index (Phi) is 9.90. The summed E-state index contributed by atoms with van der Waals surface area (Å²) < 4.78 is 9.84. The third-order valence-corrected chi connectivity index (χ3v) is 4.92. The highest BCUT2D eigenvalue weighted by Gasteiger charge is 2.25. The SMILES string of the molecule is CCOC(=O)CCC(NC(=O)c1cc(C)c(CCCO)s1)C(=O)OCC. The summed E-state index contributed by atoms with van der Waals surface area (Å²) in [6, 6.07) is 0.857. The molecule has 0 saturated carbocycles. The van der Waals surface area contributed by atoms with E-state index in [1.54, 1.807) is 19.9 Å². The summed E-state index contributed by atoms with van der Waals surface area (Å²) in [5.41, 5.74) is 0.979. The number of aliphatic hydroxyl groups excluding tert-OH is 1. The molecule has 1 rings (SSSR count). The van der Waals surface area contributed by atoms with Crippen LogP contribution in [0.2, 0.25) is 0 Å². The summed E-state index contributed by atoms with van der Waals surface area (Å²) in [6.45, 7) is 5.84. The zero-order valence-corrected chi connectivity index (χ0v) is 16.3. The van der Waals surface area contributed by atoms with Crippen molar-refractivity contribution in [3.8, 4) is 0 Å². The van der Waals surface area contributed by atoms with Gasteiger partial charge in [-0.15, -0.1) is 11.3 Å². The number of ether oxygens (including phenoxy) is 2. The molecule has 0 aliphatic heterocycles. The number of aryl methyl sites for hydroxylation is 2. The highest BCUT2D eigenvalue weighted by atomic mass is 32.1. The van der Waals surface area contributed by atoms with Crippen LogP contribution in [0.4, 0.5) is 0 Å². The second-order valence-corrected chi connectivity index (χ2v) is 6.80. The van der Waals surface area contributed by atoms with Crippen LogP contribution in [0.5, 0.6) is 0 Å². The normalized spacial score (nSPS) is 11.7. The fourth-order valence-electron chi connectivity index (χ4n) is 2.34. The number of hydrogen-bond donors (Lipinski definition) is 2. The minimum absolute atomic E-state index is 0.0167. The monoisotopic (exact) mass is 385 g/mol. The third kappa shape index (κ3) is 7.13. The van der Waals surface area contributed by atoms with Gasteiger partial charge < -0.3 is 19.9 Å². The van der Waals surface area contributed by atoms with Crippen molar-refractivity contribution < 1.29 is 29.0 Å². The van der Waals surface area contributed by atoms with Crippen LogP contribution in [0.15, 0.2) is 6.07 Å². The van der Waals surface area contributed by atoms with Crippen LogP contribution in [0, 0.1) is 6.92 Å². The Morgan fingerprint density at radius 2 is 1.92 bits per heavy atom. The van der Waals surface area contributed by atoms with Crippen LogP contribution in [0.25, 0.3) is 0 Å². The van der Waals surface area contributed by atoms with Crippen molar-refractivity contribution >= 4 is 29.2 Å². The third-order valence-electron chi connectivity index (χ3n) is 3.63. The summed E-state index contributed by atoms with van der Waals surface area (Å²) in [5.74, 6) is -1.37. The van der Waals surface area contributed by atoms with Gasteiger partial charge in [-0.2, -0.15) is 0 Å². The molecule has 0 radical (unpaired) electrons. The van der Waals surface area contributed by atoms with Gasteiger partial charge in [-0.25, -0.2) is 4.79 Å². The Morgan fingerprint density at radius 3 is 2.54 bits per heavy atom. The van der Waals surface area contributed by atoms with Gasteiger partial charge >= 0.3 is 11.9 Å². The summed E-state index contributed by atoms with van der Waals surface area (Å²) in [5, 5.41) is 11.6. The number of carbonyl (C=O) groups is 3. The molecule has 2 N–H and O–H groups in total. The van der Waals surface area contributed by atoms with E-state index in [1.165, 1.54) is 11.3 Å². The van der Waals surface area contributed by atoms with Crippen molar-refractivity contribution in [2.75, 3.05) is 19.8 Å².